The van der Waals surface area contributed by atoms with Crippen molar-refractivity contribution >= 4 is 6.09 Å². The summed E-state index contributed by atoms with van der Waals surface area (Å²) in [4.78, 5) is 17.6. The minimum Gasteiger partial charge on any atom is -0.465 e. The number of benzene rings is 1. The van der Waals surface area contributed by atoms with Crippen LogP contribution < -0.4 is 0 Å². The molecule has 140 valence electrons. The summed E-state index contributed by atoms with van der Waals surface area (Å²) in [5.41, 5.74) is 3.51. The van der Waals surface area contributed by atoms with Crippen molar-refractivity contribution in [3.63, 3.8) is 0 Å². The van der Waals surface area contributed by atoms with Gasteiger partial charge in [-0.15, -0.1) is 0 Å². The van der Waals surface area contributed by atoms with Crippen LogP contribution in [-0.4, -0.2) is 48.9 Å². The molecule has 0 radical (unpaired) electrons. The van der Waals surface area contributed by atoms with E-state index in [1.165, 1.54) is 11.1 Å². The molecule has 4 heterocycles. The molecule has 3 fully saturated rings. The zero-order valence-corrected chi connectivity index (χ0v) is 15.0. The second-order valence-corrected chi connectivity index (χ2v) is 8.88. The smallest absolute Gasteiger partial charge is 0.407 e. The number of amides is 1. The molecule has 0 unspecified atom stereocenters. The van der Waals surface area contributed by atoms with Crippen molar-refractivity contribution < 1.29 is 15.0 Å². The molecule has 1 amide bonds. The van der Waals surface area contributed by atoms with E-state index in [1.807, 2.05) is 12.5 Å². The largest absolute Gasteiger partial charge is 0.465 e. The average molecular weight is 365 g/mol. The number of hydrogen-bond donors (Lipinski definition) is 2. The molecule has 2 bridgehead atoms. The Kier molecular flexibility index (Phi) is 2.98. The van der Waals surface area contributed by atoms with Crippen LogP contribution in [0.5, 0.6) is 0 Å². The Labute approximate surface area is 157 Å². The van der Waals surface area contributed by atoms with Crippen molar-refractivity contribution in [2.24, 2.45) is 11.3 Å². The number of aliphatic hydroxyl groups excluding tert-OH is 1. The summed E-state index contributed by atoms with van der Waals surface area (Å²) in [5, 5.41) is 20.8. The van der Waals surface area contributed by atoms with Crippen LogP contribution in [0.2, 0.25) is 0 Å². The van der Waals surface area contributed by atoms with Gasteiger partial charge in [0.15, 0.2) is 0 Å². The first kappa shape index (κ1) is 15.7. The maximum Gasteiger partial charge on any atom is 0.407 e. The number of imidazole rings is 1. The lowest BCUT2D eigenvalue weighted by molar-refractivity contribution is -0.166. The monoisotopic (exact) mass is 365 g/mol. The highest BCUT2D eigenvalue weighted by Crippen LogP contribution is 2.62. The number of nitrogens with zero attached hydrogens (tertiary/aromatic N) is 3. The lowest BCUT2D eigenvalue weighted by Crippen LogP contribution is -2.62. The highest BCUT2D eigenvalue weighted by molar-refractivity contribution is 5.69. The molecule has 1 saturated carbocycles. The predicted octanol–water partition coefficient (Wildman–Crippen LogP) is 3.12. The lowest BCUT2D eigenvalue weighted by atomic mass is 9.51. The number of rotatable bonds is 1. The Morgan fingerprint density at radius 1 is 1.15 bits per heavy atom. The van der Waals surface area contributed by atoms with Gasteiger partial charge in [-0.25, -0.2) is 9.78 Å². The molecular formula is C21H23N3O3. The molecule has 27 heavy (non-hydrogen) atoms. The van der Waals surface area contributed by atoms with Gasteiger partial charge in [0.05, 0.1) is 30.4 Å². The van der Waals surface area contributed by atoms with E-state index in [9.17, 15) is 15.0 Å². The maximum absolute atomic E-state index is 11.6. The first-order valence-corrected chi connectivity index (χ1v) is 9.89. The van der Waals surface area contributed by atoms with E-state index in [1.54, 1.807) is 4.90 Å². The fraction of sp³-hybridized carbons (Fsp3) is 0.524. The first-order chi connectivity index (χ1) is 13.1. The average Bonchev–Trinajstić information content (AvgIpc) is 3.32. The standard InChI is InChI=1S/C21H23N3O3/c25-19-16(9-21(19)7-12-5-6-13(8-21)24(12)20(26)27)18-15-4-2-1-3-14(15)17-10-22-11-23(17)18/h1-4,10-13,16,18-19,25H,5-9H2,(H,26,27)/t12-,13+,16-,18-,19+,21-/m0/s1. The third-order valence-electron chi connectivity index (χ3n) is 7.73. The van der Waals surface area contributed by atoms with Gasteiger partial charge in [-0.2, -0.15) is 0 Å². The molecule has 6 heteroatoms. The zero-order chi connectivity index (χ0) is 18.3. The highest BCUT2D eigenvalue weighted by Gasteiger charge is 2.62. The molecule has 1 spiro atoms. The molecule has 1 aromatic carbocycles. The predicted molar refractivity (Wildman–Crippen MR) is 98.3 cm³/mol. The Morgan fingerprint density at radius 2 is 1.89 bits per heavy atom. The minimum absolute atomic E-state index is 0.0801. The van der Waals surface area contributed by atoms with Gasteiger partial charge in [-0.3, -0.25) is 0 Å². The highest BCUT2D eigenvalue weighted by atomic mass is 16.4. The fourth-order valence-corrected chi connectivity index (χ4v) is 6.69. The number of carboxylic acid groups (broad SMARTS) is 1. The third-order valence-corrected chi connectivity index (χ3v) is 7.73. The summed E-state index contributed by atoms with van der Waals surface area (Å²) < 4.78 is 2.21. The summed E-state index contributed by atoms with van der Waals surface area (Å²) in [5.74, 6) is 0.164. The van der Waals surface area contributed by atoms with Crippen LogP contribution in [0.4, 0.5) is 4.79 Å². The molecule has 1 aromatic heterocycles. The van der Waals surface area contributed by atoms with Gasteiger partial charge in [-0.1, -0.05) is 24.3 Å². The SMILES string of the molecule is O=C(O)N1[C@@H]2CC[C@H]1C[C@@]1(C[C@@H]([C@@H]3c4ccccc4-c4cncn43)[C@H]1O)C2. The third kappa shape index (κ3) is 1.89. The van der Waals surface area contributed by atoms with E-state index in [4.69, 9.17) is 0 Å². The van der Waals surface area contributed by atoms with Crippen molar-refractivity contribution in [2.75, 3.05) is 0 Å². The molecule has 3 aliphatic heterocycles. The van der Waals surface area contributed by atoms with Crippen LogP contribution in [0.15, 0.2) is 36.8 Å². The summed E-state index contributed by atoms with van der Waals surface area (Å²) in [6.07, 6.45) is 7.06. The fourth-order valence-electron chi connectivity index (χ4n) is 6.69. The molecule has 2 aromatic rings. The lowest BCUT2D eigenvalue weighted by Gasteiger charge is -2.59. The molecule has 4 aliphatic rings. The number of piperidine rings is 1. The molecule has 6 rings (SSSR count). The van der Waals surface area contributed by atoms with Gasteiger partial charge in [0.2, 0.25) is 0 Å². The number of carbonyl (C=O) groups is 1. The first-order valence-electron chi connectivity index (χ1n) is 9.89. The van der Waals surface area contributed by atoms with Crippen LogP contribution in [0.1, 0.15) is 43.7 Å². The Hall–Kier alpha value is -2.34. The molecule has 2 saturated heterocycles. The molecule has 6 nitrogen and oxygen atoms in total. The van der Waals surface area contributed by atoms with Gasteiger partial charge in [-0.05, 0) is 37.7 Å². The Balaban J connectivity index is 1.31. The second-order valence-electron chi connectivity index (χ2n) is 8.88. The van der Waals surface area contributed by atoms with E-state index in [-0.39, 0.29) is 35.6 Å². The molecule has 1 aliphatic carbocycles. The molecular weight excluding hydrogens is 342 g/mol. The Bertz CT molecular complexity index is 924. The summed E-state index contributed by atoms with van der Waals surface area (Å²) >= 11 is 0. The van der Waals surface area contributed by atoms with E-state index >= 15 is 0 Å². The maximum atomic E-state index is 11.6. The quantitative estimate of drug-likeness (QED) is 0.814. The van der Waals surface area contributed by atoms with Crippen molar-refractivity contribution in [3.8, 4) is 11.3 Å². The summed E-state index contributed by atoms with van der Waals surface area (Å²) in [7, 11) is 0. The molecule has 6 atom stereocenters. The van der Waals surface area contributed by atoms with E-state index in [0.717, 1.165) is 37.8 Å². The number of aliphatic hydroxyl groups is 1. The topological polar surface area (TPSA) is 78.6 Å². The van der Waals surface area contributed by atoms with Crippen molar-refractivity contribution in [3.05, 3.63) is 42.4 Å². The van der Waals surface area contributed by atoms with Crippen molar-refractivity contribution in [1.82, 2.24) is 14.5 Å². The Morgan fingerprint density at radius 3 is 2.59 bits per heavy atom. The number of aromatic nitrogens is 2. The zero-order valence-electron chi connectivity index (χ0n) is 15.0. The van der Waals surface area contributed by atoms with Crippen LogP contribution in [0.3, 0.4) is 0 Å². The van der Waals surface area contributed by atoms with E-state index in [2.05, 4.69) is 33.8 Å². The number of fused-ring (bicyclic) bond motifs is 5. The summed E-state index contributed by atoms with van der Waals surface area (Å²) in [6.45, 7) is 0. The van der Waals surface area contributed by atoms with Crippen molar-refractivity contribution in [2.45, 2.75) is 56.3 Å². The summed E-state index contributed by atoms with van der Waals surface area (Å²) in [6, 6.07) is 8.72. The van der Waals surface area contributed by atoms with Crippen LogP contribution >= 0.6 is 0 Å². The molecule has 2 N–H and O–H groups in total. The normalized spacial score (nSPS) is 38.6. The van der Waals surface area contributed by atoms with Crippen LogP contribution in [0, 0.1) is 11.3 Å². The van der Waals surface area contributed by atoms with Gasteiger partial charge in [0, 0.05) is 29.0 Å². The van der Waals surface area contributed by atoms with Gasteiger partial charge in [0.1, 0.15) is 0 Å². The van der Waals surface area contributed by atoms with E-state index in [0.29, 0.717) is 0 Å². The van der Waals surface area contributed by atoms with Crippen molar-refractivity contribution in [1.29, 1.82) is 0 Å². The minimum atomic E-state index is -0.796. The second kappa shape index (κ2) is 5.13. The van der Waals surface area contributed by atoms with Crippen LogP contribution in [-0.2, 0) is 0 Å². The number of hydrogen-bond acceptors (Lipinski definition) is 3. The van der Waals surface area contributed by atoms with Gasteiger partial charge >= 0.3 is 6.09 Å². The van der Waals surface area contributed by atoms with Crippen LogP contribution in [0.25, 0.3) is 11.3 Å². The van der Waals surface area contributed by atoms with Gasteiger partial charge in [0.25, 0.3) is 0 Å². The van der Waals surface area contributed by atoms with E-state index < -0.39 is 6.09 Å². The van der Waals surface area contributed by atoms with Gasteiger partial charge < -0.3 is 19.7 Å².